The van der Waals surface area contributed by atoms with Gasteiger partial charge < -0.3 is 14.8 Å². The Morgan fingerprint density at radius 2 is 2.03 bits per heavy atom. The summed E-state index contributed by atoms with van der Waals surface area (Å²) in [6.07, 6.45) is 3.83. The van der Waals surface area contributed by atoms with Crippen LogP contribution in [0.3, 0.4) is 0 Å². The second-order valence-electron chi connectivity index (χ2n) is 7.73. The van der Waals surface area contributed by atoms with Crippen molar-refractivity contribution in [1.82, 2.24) is 0 Å². The van der Waals surface area contributed by atoms with Gasteiger partial charge in [0.15, 0.2) is 0 Å². The molecule has 0 bridgehead atoms. The molecular formula is C23H29NO4S. The first kappa shape index (κ1) is 21.4. The maximum absolute atomic E-state index is 12.4. The first-order valence-corrected chi connectivity index (χ1v) is 11.0. The summed E-state index contributed by atoms with van der Waals surface area (Å²) in [5, 5.41) is 3.52. The van der Waals surface area contributed by atoms with Gasteiger partial charge in [0.1, 0.15) is 10.8 Å². The maximum Gasteiger partial charge on any atom is 0.341 e. The van der Waals surface area contributed by atoms with Gasteiger partial charge in [0.05, 0.1) is 19.3 Å². The molecule has 0 unspecified atom stereocenters. The number of fused-ring (bicyclic) bond motifs is 1. The predicted molar refractivity (Wildman–Crippen MR) is 116 cm³/mol. The van der Waals surface area contributed by atoms with Gasteiger partial charge >= 0.3 is 5.97 Å². The number of carbonyl (C=O) groups excluding carboxylic acids is 2. The van der Waals surface area contributed by atoms with E-state index in [1.807, 2.05) is 12.1 Å². The fourth-order valence-electron chi connectivity index (χ4n) is 3.81. The van der Waals surface area contributed by atoms with E-state index in [0.717, 1.165) is 30.6 Å². The molecule has 0 aliphatic heterocycles. The highest BCUT2D eigenvalue weighted by molar-refractivity contribution is 7.17. The number of nitrogens with one attached hydrogen (secondary N) is 1. The first-order chi connectivity index (χ1) is 13.9. The van der Waals surface area contributed by atoms with Crippen molar-refractivity contribution in [2.75, 3.05) is 19.0 Å². The molecule has 1 aliphatic carbocycles. The molecule has 3 rings (SSSR count). The van der Waals surface area contributed by atoms with Crippen LogP contribution in [-0.2, 0) is 22.4 Å². The van der Waals surface area contributed by atoms with Crippen molar-refractivity contribution in [2.45, 2.75) is 58.8 Å². The number of ether oxygens (including phenoxy) is 2. The lowest BCUT2D eigenvalue weighted by molar-refractivity contribution is -0.116. The molecule has 156 valence electrons. The minimum absolute atomic E-state index is 0.106. The largest absolute Gasteiger partial charge is 0.494 e. The molecule has 1 heterocycles. The molecule has 1 aromatic carbocycles. The molecule has 1 aliphatic rings. The number of hydrogen-bond acceptors (Lipinski definition) is 5. The molecule has 5 nitrogen and oxygen atoms in total. The van der Waals surface area contributed by atoms with E-state index in [1.165, 1.54) is 34.5 Å². The lowest BCUT2D eigenvalue weighted by Gasteiger charge is -2.12. The highest BCUT2D eigenvalue weighted by Gasteiger charge is 2.27. The van der Waals surface area contributed by atoms with Crippen LogP contribution in [0.25, 0.3) is 0 Å². The number of anilines is 1. The Kier molecular flexibility index (Phi) is 6.96. The van der Waals surface area contributed by atoms with Crippen LogP contribution in [0.15, 0.2) is 18.2 Å². The molecule has 1 aromatic heterocycles. The molecule has 29 heavy (non-hydrogen) atoms. The second-order valence-corrected chi connectivity index (χ2v) is 8.83. The normalized spacial score (nSPS) is 12.7. The minimum Gasteiger partial charge on any atom is -0.494 e. The van der Waals surface area contributed by atoms with E-state index in [4.69, 9.17) is 9.47 Å². The monoisotopic (exact) mass is 415 g/mol. The van der Waals surface area contributed by atoms with E-state index in [2.05, 4.69) is 32.2 Å². The van der Waals surface area contributed by atoms with E-state index in [0.29, 0.717) is 35.9 Å². The second kappa shape index (κ2) is 9.44. The van der Waals surface area contributed by atoms with Crippen molar-refractivity contribution < 1.29 is 19.1 Å². The highest BCUT2D eigenvalue weighted by atomic mass is 32.1. The van der Waals surface area contributed by atoms with Crippen molar-refractivity contribution in [3.63, 3.8) is 0 Å². The zero-order valence-electron chi connectivity index (χ0n) is 17.6. The van der Waals surface area contributed by atoms with Crippen LogP contribution in [0.5, 0.6) is 5.75 Å². The van der Waals surface area contributed by atoms with Gasteiger partial charge in [-0.05, 0) is 67.3 Å². The number of hydrogen-bond donors (Lipinski definition) is 1. The van der Waals surface area contributed by atoms with Crippen LogP contribution in [0, 0.1) is 6.92 Å². The Bertz CT molecular complexity index is 901. The van der Waals surface area contributed by atoms with E-state index >= 15 is 0 Å². The standard InChI is InChI=1S/C23H29NO4S/c1-14(2)17-11-10-16(13-15(17)3)28-12-6-9-20(25)24-22-21(23(26)27-4)18-7-5-8-19(18)29-22/h10-11,13-14H,5-9,12H2,1-4H3,(H,24,25). The number of aryl methyl sites for hydroxylation is 2. The van der Waals surface area contributed by atoms with Crippen LogP contribution in [0.4, 0.5) is 5.00 Å². The fraction of sp³-hybridized carbons (Fsp3) is 0.478. The smallest absolute Gasteiger partial charge is 0.341 e. The summed E-state index contributed by atoms with van der Waals surface area (Å²) < 4.78 is 10.7. The van der Waals surface area contributed by atoms with Crippen LogP contribution in [-0.4, -0.2) is 25.6 Å². The number of methoxy groups -OCH3 is 1. The molecule has 6 heteroatoms. The Hall–Kier alpha value is -2.34. The molecule has 0 radical (unpaired) electrons. The number of thiophene rings is 1. The van der Waals surface area contributed by atoms with Crippen molar-refractivity contribution in [1.29, 1.82) is 0 Å². The van der Waals surface area contributed by atoms with E-state index in [-0.39, 0.29) is 11.9 Å². The van der Waals surface area contributed by atoms with Crippen LogP contribution >= 0.6 is 11.3 Å². The average molecular weight is 416 g/mol. The summed E-state index contributed by atoms with van der Waals surface area (Å²) in [6, 6.07) is 6.13. The molecule has 0 fully saturated rings. The van der Waals surface area contributed by atoms with Crippen molar-refractivity contribution in [3.8, 4) is 5.75 Å². The predicted octanol–water partition coefficient (Wildman–Crippen LogP) is 5.25. The van der Waals surface area contributed by atoms with Gasteiger partial charge in [-0.2, -0.15) is 0 Å². The van der Waals surface area contributed by atoms with Gasteiger partial charge in [-0.15, -0.1) is 11.3 Å². The van der Waals surface area contributed by atoms with Crippen molar-refractivity contribution in [3.05, 3.63) is 45.3 Å². The zero-order chi connectivity index (χ0) is 21.0. The quantitative estimate of drug-likeness (QED) is 0.472. The third-order valence-corrected chi connectivity index (χ3v) is 6.45. The van der Waals surface area contributed by atoms with Crippen LogP contribution in [0.2, 0.25) is 0 Å². The summed E-state index contributed by atoms with van der Waals surface area (Å²) in [7, 11) is 1.37. The topological polar surface area (TPSA) is 64.6 Å². The Labute approximate surface area is 176 Å². The van der Waals surface area contributed by atoms with Gasteiger partial charge in [-0.3, -0.25) is 4.79 Å². The van der Waals surface area contributed by atoms with Crippen molar-refractivity contribution in [2.24, 2.45) is 0 Å². The van der Waals surface area contributed by atoms with Crippen LogP contribution in [0.1, 0.15) is 71.0 Å². The number of rotatable bonds is 8. The Balaban J connectivity index is 1.51. The number of amides is 1. The third kappa shape index (κ3) is 4.99. The molecule has 0 saturated carbocycles. The zero-order valence-corrected chi connectivity index (χ0v) is 18.4. The fourth-order valence-corrected chi connectivity index (χ4v) is 5.10. The van der Waals surface area contributed by atoms with Crippen molar-refractivity contribution >= 4 is 28.2 Å². The molecule has 0 atom stereocenters. The molecule has 1 amide bonds. The summed E-state index contributed by atoms with van der Waals surface area (Å²) >= 11 is 1.50. The van der Waals surface area contributed by atoms with Gasteiger partial charge in [-0.1, -0.05) is 19.9 Å². The number of benzene rings is 1. The van der Waals surface area contributed by atoms with Gasteiger partial charge in [0.2, 0.25) is 5.91 Å². The lowest BCUT2D eigenvalue weighted by atomic mass is 9.98. The first-order valence-electron chi connectivity index (χ1n) is 10.2. The highest BCUT2D eigenvalue weighted by Crippen LogP contribution is 2.39. The molecule has 2 aromatic rings. The molecule has 0 spiro atoms. The maximum atomic E-state index is 12.4. The third-order valence-electron chi connectivity index (χ3n) is 5.24. The Morgan fingerprint density at radius 3 is 2.72 bits per heavy atom. The van der Waals surface area contributed by atoms with Gasteiger partial charge in [-0.25, -0.2) is 4.79 Å². The van der Waals surface area contributed by atoms with Gasteiger partial charge in [0.25, 0.3) is 0 Å². The van der Waals surface area contributed by atoms with Gasteiger partial charge in [0, 0.05) is 11.3 Å². The lowest BCUT2D eigenvalue weighted by Crippen LogP contribution is -2.15. The Morgan fingerprint density at radius 1 is 1.24 bits per heavy atom. The summed E-state index contributed by atoms with van der Waals surface area (Å²) in [4.78, 5) is 25.7. The number of carbonyl (C=O) groups is 2. The average Bonchev–Trinajstić information content (AvgIpc) is 3.25. The van der Waals surface area contributed by atoms with E-state index in [9.17, 15) is 9.59 Å². The summed E-state index contributed by atoms with van der Waals surface area (Å²) in [5.41, 5.74) is 4.12. The number of esters is 1. The molecule has 1 N–H and O–H groups in total. The summed E-state index contributed by atoms with van der Waals surface area (Å²) in [5.74, 6) is 0.837. The van der Waals surface area contributed by atoms with E-state index < -0.39 is 0 Å². The molecule has 0 saturated heterocycles. The summed E-state index contributed by atoms with van der Waals surface area (Å²) in [6.45, 7) is 6.91. The van der Waals surface area contributed by atoms with E-state index in [1.54, 1.807) is 0 Å². The minimum atomic E-state index is -0.372. The van der Waals surface area contributed by atoms with Crippen LogP contribution < -0.4 is 10.1 Å². The SMILES string of the molecule is COC(=O)c1c(NC(=O)CCCOc2ccc(C(C)C)c(C)c2)sc2c1CCC2. The molecular weight excluding hydrogens is 386 g/mol.